The molecule has 0 aliphatic carbocycles. The number of nitrogens with two attached hydrogens (primary N) is 1. The molecule has 0 aliphatic heterocycles. The molecule has 2 aromatic rings. The first-order chi connectivity index (χ1) is 9.51. The smallest absolute Gasteiger partial charge is 0.136 e. The predicted molar refractivity (Wildman–Crippen MR) is 84.5 cm³/mol. The van der Waals surface area contributed by atoms with Crippen LogP contribution in [0.2, 0.25) is 5.02 Å². The van der Waals surface area contributed by atoms with Crippen molar-refractivity contribution in [2.24, 2.45) is 5.73 Å². The second-order valence-electron chi connectivity index (χ2n) is 5.10. The molecule has 0 aliphatic rings. The van der Waals surface area contributed by atoms with E-state index in [2.05, 4.69) is 32.9 Å². The maximum atomic E-state index is 6.11. The average Bonchev–Trinajstić information content (AvgIpc) is 2.41. The fraction of sp³-hybridized carbons (Fsp3) is 0.294. The van der Waals surface area contributed by atoms with Crippen LogP contribution in [0.4, 0.5) is 0 Å². The van der Waals surface area contributed by atoms with Crippen LogP contribution in [-0.2, 0) is 0 Å². The predicted octanol–water partition coefficient (Wildman–Crippen LogP) is 4.34. The lowest BCUT2D eigenvalue weighted by atomic mass is 10.0. The second kappa shape index (κ2) is 6.29. The number of hydrogen-bond donors (Lipinski definition) is 1. The SMILES string of the molecule is Cc1cc(C)c(C)c(OC(CN)c2cccc(Cl)c2)c1. The molecule has 20 heavy (non-hydrogen) atoms. The summed E-state index contributed by atoms with van der Waals surface area (Å²) >= 11 is 6.03. The van der Waals surface area contributed by atoms with Crippen LogP contribution in [0.3, 0.4) is 0 Å². The summed E-state index contributed by atoms with van der Waals surface area (Å²) in [6.07, 6.45) is -0.186. The first kappa shape index (κ1) is 14.9. The van der Waals surface area contributed by atoms with Crippen LogP contribution in [-0.4, -0.2) is 6.54 Å². The normalized spacial score (nSPS) is 12.2. The minimum absolute atomic E-state index is 0.186. The Kier molecular flexibility index (Phi) is 4.69. The van der Waals surface area contributed by atoms with Gasteiger partial charge in [-0.05, 0) is 61.2 Å². The highest BCUT2D eigenvalue weighted by molar-refractivity contribution is 6.30. The van der Waals surface area contributed by atoms with E-state index in [1.807, 2.05) is 24.3 Å². The van der Waals surface area contributed by atoms with Gasteiger partial charge in [-0.25, -0.2) is 0 Å². The van der Waals surface area contributed by atoms with Crippen molar-refractivity contribution in [2.75, 3.05) is 6.54 Å². The molecule has 0 heterocycles. The minimum Gasteiger partial charge on any atom is -0.484 e. The molecule has 0 aromatic heterocycles. The zero-order chi connectivity index (χ0) is 14.7. The molecule has 2 aromatic carbocycles. The lowest BCUT2D eigenvalue weighted by Gasteiger charge is -2.20. The van der Waals surface area contributed by atoms with Gasteiger partial charge in [0, 0.05) is 11.6 Å². The molecular weight excluding hydrogens is 270 g/mol. The van der Waals surface area contributed by atoms with Crippen molar-refractivity contribution in [1.29, 1.82) is 0 Å². The van der Waals surface area contributed by atoms with E-state index in [0.29, 0.717) is 11.6 Å². The molecule has 0 spiro atoms. The van der Waals surface area contributed by atoms with Gasteiger partial charge in [0.05, 0.1) is 0 Å². The molecule has 0 amide bonds. The van der Waals surface area contributed by atoms with Crippen molar-refractivity contribution in [1.82, 2.24) is 0 Å². The molecule has 2 rings (SSSR count). The number of benzene rings is 2. The summed E-state index contributed by atoms with van der Waals surface area (Å²) in [6.45, 7) is 6.63. The Balaban J connectivity index is 2.31. The molecule has 1 atom stereocenters. The zero-order valence-corrected chi connectivity index (χ0v) is 12.9. The molecule has 0 radical (unpaired) electrons. The van der Waals surface area contributed by atoms with Crippen LogP contribution in [0.15, 0.2) is 36.4 Å². The summed E-state index contributed by atoms with van der Waals surface area (Å²) in [4.78, 5) is 0. The Morgan fingerprint density at radius 2 is 1.90 bits per heavy atom. The van der Waals surface area contributed by atoms with Gasteiger partial charge in [0.15, 0.2) is 0 Å². The monoisotopic (exact) mass is 289 g/mol. The third-order valence-corrected chi connectivity index (χ3v) is 3.70. The van der Waals surface area contributed by atoms with Crippen LogP contribution < -0.4 is 10.5 Å². The van der Waals surface area contributed by atoms with Crippen molar-refractivity contribution >= 4 is 11.6 Å². The van der Waals surface area contributed by atoms with Crippen molar-refractivity contribution in [3.63, 3.8) is 0 Å². The number of rotatable bonds is 4. The molecule has 0 fully saturated rings. The van der Waals surface area contributed by atoms with Crippen LogP contribution in [0, 0.1) is 20.8 Å². The third kappa shape index (κ3) is 3.33. The molecular formula is C17H20ClNO. The molecule has 0 bridgehead atoms. The summed E-state index contributed by atoms with van der Waals surface area (Å²) in [7, 11) is 0. The number of aryl methyl sites for hydroxylation is 2. The Labute approximate surface area is 125 Å². The molecule has 2 N–H and O–H groups in total. The molecule has 0 saturated heterocycles. The van der Waals surface area contributed by atoms with E-state index in [4.69, 9.17) is 22.1 Å². The van der Waals surface area contributed by atoms with Gasteiger partial charge in [-0.15, -0.1) is 0 Å². The lowest BCUT2D eigenvalue weighted by Crippen LogP contribution is -2.19. The maximum Gasteiger partial charge on any atom is 0.136 e. The first-order valence-electron chi connectivity index (χ1n) is 6.71. The minimum atomic E-state index is -0.186. The highest BCUT2D eigenvalue weighted by Gasteiger charge is 2.14. The Morgan fingerprint density at radius 1 is 1.15 bits per heavy atom. The summed E-state index contributed by atoms with van der Waals surface area (Å²) < 4.78 is 6.11. The van der Waals surface area contributed by atoms with E-state index in [9.17, 15) is 0 Å². The van der Waals surface area contributed by atoms with Crippen molar-refractivity contribution in [2.45, 2.75) is 26.9 Å². The molecule has 0 saturated carbocycles. The van der Waals surface area contributed by atoms with Gasteiger partial charge in [-0.3, -0.25) is 0 Å². The fourth-order valence-corrected chi connectivity index (χ4v) is 2.43. The lowest BCUT2D eigenvalue weighted by molar-refractivity contribution is 0.212. The molecule has 2 nitrogen and oxygen atoms in total. The van der Waals surface area contributed by atoms with Crippen molar-refractivity contribution in [3.05, 3.63) is 63.7 Å². The quantitative estimate of drug-likeness (QED) is 0.908. The van der Waals surface area contributed by atoms with E-state index in [0.717, 1.165) is 16.9 Å². The van der Waals surface area contributed by atoms with Crippen molar-refractivity contribution in [3.8, 4) is 5.75 Å². The third-order valence-electron chi connectivity index (χ3n) is 3.47. The number of halogens is 1. The summed E-state index contributed by atoms with van der Waals surface area (Å²) in [5, 5.41) is 0.696. The van der Waals surface area contributed by atoms with Crippen LogP contribution in [0.25, 0.3) is 0 Å². The standard InChI is InChI=1S/C17H20ClNO/c1-11-7-12(2)13(3)16(8-11)20-17(10-19)14-5-4-6-15(18)9-14/h4-9,17H,10,19H2,1-3H3. The van der Waals surface area contributed by atoms with Gasteiger partial charge in [0.2, 0.25) is 0 Å². The topological polar surface area (TPSA) is 35.2 Å². The van der Waals surface area contributed by atoms with E-state index < -0.39 is 0 Å². The van der Waals surface area contributed by atoms with Gasteiger partial charge < -0.3 is 10.5 Å². The Morgan fingerprint density at radius 3 is 2.55 bits per heavy atom. The largest absolute Gasteiger partial charge is 0.484 e. The molecule has 1 unspecified atom stereocenters. The van der Waals surface area contributed by atoms with E-state index in [-0.39, 0.29) is 6.10 Å². The van der Waals surface area contributed by atoms with Crippen LogP contribution >= 0.6 is 11.6 Å². The van der Waals surface area contributed by atoms with Crippen LogP contribution in [0.1, 0.15) is 28.4 Å². The van der Waals surface area contributed by atoms with Gasteiger partial charge in [0.1, 0.15) is 11.9 Å². The van der Waals surface area contributed by atoms with Gasteiger partial charge in [-0.1, -0.05) is 29.8 Å². The van der Waals surface area contributed by atoms with Gasteiger partial charge in [-0.2, -0.15) is 0 Å². The second-order valence-corrected chi connectivity index (χ2v) is 5.54. The fourth-order valence-electron chi connectivity index (χ4n) is 2.24. The molecule has 3 heteroatoms. The number of ether oxygens (including phenoxy) is 1. The Hall–Kier alpha value is -1.51. The first-order valence-corrected chi connectivity index (χ1v) is 7.09. The zero-order valence-electron chi connectivity index (χ0n) is 12.1. The highest BCUT2D eigenvalue weighted by Crippen LogP contribution is 2.28. The van der Waals surface area contributed by atoms with Gasteiger partial charge >= 0.3 is 0 Å². The summed E-state index contributed by atoms with van der Waals surface area (Å²) in [5.74, 6) is 0.887. The summed E-state index contributed by atoms with van der Waals surface area (Å²) in [6, 6.07) is 11.9. The average molecular weight is 290 g/mol. The Bertz CT molecular complexity index is 610. The van der Waals surface area contributed by atoms with Crippen LogP contribution in [0.5, 0.6) is 5.75 Å². The maximum absolute atomic E-state index is 6.11. The highest BCUT2D eigenvalue weighted by atomic mass is 35.5. The van der Waals surface area contributed by atoms with Gasteiger partial charge in [0.25, 0.3) is 0 Å². The van der Waals surface area contributed by atoms with E-state index in [1.165, 1.54) is 11.1 Å². The molecule has 106 valence electrons. The van der Waals surface area contributed by atoms with E-state index in [1.54, 1.807) is 0 Å². The van der Waals surface area contributed by atoms with Crippen molar-refractivity contribution < 1.29 is 4.74 Å². The number of hydrogen-bond acceptors (Lipinski definition) is 2. The van der Waals surface area contributed by atoms with E-state index >= 15 is 0 Å². The summed E-state index contributed by atoms with van der Waals surface area (Å²) in [5.41, 5.74) is 10.4.